The van der Waals surface area contributed by atoms with Crippen LogP contribution in [0.3, 0.4) is 0 Å². The van der Waals surface area contributed by atoms with Crippen molar-refractivity contribution in [2.24, 2.45) is 5.92 Å². The van der Waals surface area contributed by atoms with Crippen LogP contribution in [0.15, 0.2) is 0 Å². The van der Waals surface area contributed by atoms with Gasteiger partial charge in [-0.25, -0.2) is 0 Å². The monoisotopic (exact) mass is 198 g/mol. The van der Waals surface area contributed by atoms with E-state index >= 15 is 0 Å². The summed E-state index contributed by atoms with van der Waals surface area (Å²) in [6.45, 7) is 5.45. The maximum atomic E-state index is 11.6. The molecule has 0 radical (unpaired) electrons. The maximum absolute atomic E-state index is 11.6. The predicted octanol–water partition coefficient (Wildman–Crippen LogP) is 2.09. The Bertz CT molecular complexity index is 237. The van der Waals surface area contributed by atoms with Gasteiger partial charge in [0.2, 0.25) is 0 Å². The van der Waals surface area contributed by atoms with Gasteiger partial charge in [0.1, 0.15) is 17.3 Å². The van der Waals surface area contributed by atoms with Crippen LogP contribution in [0.5, 0.6) is 0 Å². The molecule has 1 aliphatic carbocycles. The number of esters is 1. The van der Waals surface area contributed by atoms with Crippen molar-refractivity contribution in [1.29, 1.82) is 0 Å². The van der Waals surface area contributed by atoms with E-state index in [1.807, 2.05) is 20.8 Å². The second-order valence-electron chi connectivity index (χ2n) is 4.80. The Morgan fingerprint density at radius 3 is 2.50 bits per heavy atom. The highest BCUT2D eigenvalue weighted by Crippen LogP contribution is 2.23. The van der Waals surface area contributed by atoms with Crippen molar-refractivity contribution in [1.82, 2.24) is 0 Å². The molecule has 0 aromatic heterocycles. The molecule has 0 amide bonds. The minimum Gasteiger partial charge on any atom is -0.459 e. The van der Waals surface area contributed by atoms with Crippen LogP contribution in [0.4, 0.5) is 0 Å². The molecule has 1 rings (SSSR count). The zero-order chi connectivity index (χ0) is 10.8. The smallest absolute Gasteiger partial charge is 0.316 e. The van der Waals surface area contributed by atoms with Crippen LogP contribution in [-0.4, -0.2) is 17.4 Å². The Balaban J connectivity index is 2.55. The lowest BCUT2D eigenvalue weighted by Gasteiger charge is -2.25. The first-order valence-electron chi connectivity index (χ1n) is 5.16. The summed E-state index contributed by atoms with van der Waals surface area (Å²) in [6, 6.07) is 0. The number of rotatable bonds is 1. The van der Waals surface area contributed by atoms with Crippen LogP contribution in [0.2, 0.25) is 0 Å². The molecule has 0 bridgehead atoms. The molecule has 1 atom stereocenters. The van der Waals surface area contributed by atoms with Crippen LogP contribution >= 0.6 is 0 Å². The third kappa shape index (κ3) is 3.13. The van der Waals surface area contributed by atoms with Gasteiger partial charge in [-0.2, -0.15) is 0 Å². The van der Waals surface area contributed by atoms with E-state index < -0.39 is 11.5 Å². The lowest BCUT2D eigenvalue weighted by atomic mass is 9.88. The van der Waals surface area contributed by atoms with E-state index in [0.29, 0.717) is 12.8 Å². The molecule has 1 aliphatic rings. The number of hydrogen-bond donors (Lipinski definition) is 0. The molecule has 14 heavy (non-hydrogen) atoms. The second kappa shape index (κ2) is 4.11. The van der Waals surface area contributed by atoms with Gasteiger partial charge < -0.3 is 4.74 Å². The summed E-state index contributed by atoms with van der Waals surface area (Å²) in [4.78, 5) is 23.0. The average molecular weight is 198 g/mol. The quantitative estimate of drug-likeness (QED) is 0.478. The molecule has 0 aromatic carbocycles. The highest BCUT2D eigenvalue weighted by atomic mass is 16.6. The lowest BCUT2D eigenvalue weighted by Crippen LogP contribution is -2.34. The summed E-state index contributed by atoms with van der Waals surface area (Å²) < 4.78 is 5.19. The molecular weight excluding hydrogens is 180 g/mol. The van der Waals surface area contributed by atoms with Gasteiger partial charge >= 0.3 is 5.97 Å². The Morgan fingerprint density at radius 2 is 2.00 bits per heavy atom. The third-order valence-corrected chi connectivity index (χ3v) is 2.25. The van der Waals surface area contributed by atoms with Crippen molar-refractivity contribution in [3.05, 3.63) is 0 Å². The van der Waals surface area contributed by atoms with Crippen molar-refractivity contribution in [2.75, 3.05) is 0 Å². The Labute approximate surface area is 84.8 Å². The van der Waals surface area contributed by atoms with E-state index in [0.717, 1.165) is 12.8 Å². The highest BCUT2D eigenvalue weighted by molar-refractivity contribution is 5.99. The first-order chi connectivity index (χ1) is 6.40. The minimum absolute atomic E-state index is 0.0468. The van der Waals surface area contributed by atoms with Gasteiger partial charge in [-0.3, -0.25) is 9.59 Å². The van der Waals surface area contributed by atoms with E-state index in [1.54, 1.807) is 0 Å². The number of hydrogen-bond acceptors (Lipinski definition) is 3. The number of ketones is 1. The lowest BCUT2D eigenvalue weighted by molar-refractivity contribution is -0.163. The largest absolute Gasteiger partial charge is 0.459 e. The summed E-state index contributed by atoms with van der Waals surface area (Å²) >= 11 is 0. The molecule has 3 nitrogen and oxygen atoms in total. The molecule has 0 saturated heterocycles. The van der Waals surface area contributed by atoms with Crippen molar-refractivity contribution >= 4 is 11.8 Å². The Hall–Kier alpha value is -0.860. The molecule has 0 heterocycles. The maximum Gasteiger partial charge on any atom is 0.316 e. The van der Waals surface area contributed by atoms with Gasteiger partial charge in [0.15, 0.2) is 0 Å². The van der Waals surface area contributed by atoms with E-state index in [-0.39, 0.29) is 11.8 Å². The molecule has 80 valence electrons. The van der Waals surface area contributed by atoms with Crippen molar-refractivity contribution in [2.45, 2.75) is 52.1 Å². The normalized spacial score (nSPS) is 23.4. The van der Waals surface area contributed by atoms with Gasteiger partial charge in [0.05, 0.1) is 0 Å². The van der Waals surface area contributed by atoms with E-state index in [9.17, 15) is 9.59 Å². The fraction of sp³-hybridized carbons (Fsp3) is 0.818. The first-order valence-corrected chi connectivity index (χ1v) is 5.16. The Kier molecular flexibility index (Phi) is 3.29. The van der Waals surface area contributed by atoms with E-state index in [1.165, 1.54) is 0 Å². The van der Waals surface area contributed by atoms with Crippen molar-refractivity contribution in [3.63, 3.8) is 0 Å². The van der Waals surface area contributed by atoms with Crippen LogP contribution in [0, 0.1) is 5.92 Å². The molecule has 1 fully saturated rings. The molecule has 1 saturated carbocycles. The van der Waals surface area contributed by atoms with Gasteiger partial charge in [-0.15, -0.1) is 0 Å². The van der Waals surface area contributed by atoms with Crippen LogP contribution < -0.4 is 0 Å². The molecule has 0 aromatic rings. The summed E-state index contributed by atoms with van der Waals surface area (Å²) in [5, 5.41) is 0. The zero-order valence-corrected chi connectivity index (χ0v) is 9.13. The molecule has 0 aliphatic heterocycles. The van der Waals surface area contributed by atoms with Gasteiger partial charge in [0, 0.05) is 6.42 Å². The fourth-order valence-corrected chi connectivity index (χ4v) is 1.61. The van der Waals surface area contributed by atoms with E-state index in [2.05, 4.69) is 0 Å². The highest BCUT2D eigenvalue weighted by Gasteiger charge is 2.32. The zero-order valence-electron chi connectivity index (χ0n) is 9.13. The molecule has 0 N–H and O–H groups in total. The number of carbonyl (C=O) groups is 2. The summed E-state index contributed by atoms with van der Waals surface area (Å²) in [7, 11) is 0. The predicted molar refractivity (Wildman–Crippen MR) is 52.8 cm³/mol. The van der Waals surface area contributed by atoms with Crippen LogP contribution in [-0.2, 0) is 14.3 Å². The molecule has 0 unspecified atom stereocenters. The van der Waals surface area contributed by atoms with Crippen molar-refractivity contribution in [3.8, 4) is 0 Å². The standard InChI is InChI=1S/C11H18O3/c1-11(2,3)14-10(13)8-6-4-5-7-9(8)12/h8H,4-7H2,1-3H3/t8-/m1/s1. The van der Waals surface area contributed by atoms with Gasteiger partial charge in [-0.1, -0.05) is 6.42 Å². The average Bonchev–Trinajstić information content (AvgIpc) is 2.01. The first kappa shape index (κ1) is 11.2. The number of Topliss-reactive ketones (excluding diaryl/α,β-unsaturated/α-hetero) is 1. The van der Waals surface area contributed by atoms with Crippen LogP contribution in [0.25, 0.3) is 0 Å². The SMILES string of the molecule is CC(C)(C)OC(=O)[C@@H]1CCCCC1=O. The topological polar surface area (TPSA) is 43.4 Å². The summed E-state index contributed by atoms with van der Waals surface area (Å²) in [6.07, 6.45) is 3.06. The Morgan fingerprint density at radius 1 is 1.36 bits per heavy atom. The van der Waals surface area contributed by atoms with Crippen LogP contribution in [0.1, 0.15) is 46.5 Å². The summed E-state index contributed by atoms with van der Waals surface area (Å²) in [5.41, 5.74) is -0.491. The second-order valence-corrected chi connectivity index (χ2v) is 4.80. The third-order valence-electron chi connectivity index (χ3n) is 2.25. The minimum atomic E-state index is -0.497. The molecule has 0 spiro atoms. The van der Waals surface area contributed by atoms with E-state index in [4.69, 9.17) is 4.74 Å². The van der Waals surface area contributed by atoms with Gasteiger partial charge in [0.25, 0.3) is 0 Å². The summed E-state index contributed by atoms with van der Waals surface area (Å²) in [5.74, 6) is -0.796. The van der Waals surface area contributed by atoms with Gasteiger partial charge in [-0.05, 0) is 33.6 Å². The molecule has 3 heteroatoms. The van der Waals surface area contributed by atoms with Crippen molar-refractivity contribution < 1.29 is 14.3 Å². The molecular formula is C11H18O3. The number of carbonyl (C=O) groups excluding carboxylic acids is 2. The fourth-order valence-electron chi connectivity index (χ4n) is 1.61. The number of ether oxygens (including phenoxy) is 1.